The number of carbonyl (C=O) groups excluding carboxylic acids is 2. The van der Waals surface area contributed by atoms with E-state index >= 15 is 0 Å². The van der Waals surface area contributed by atoms with Crippen molar-refractivity contribution >= 4 is 17.5 Å². The smallest absolute Gasteiger partial charge is 0.387 e. The van der Waals surface area contributed by atoms with Gasteiger partial charge in [0.15, 0.2) is 5.75 Å². The number of alkyl halides is 2. The molecule has 2 aromatic rings. The molecule has 1 saturated heterocycles. The SMILES string of the molecule is COc1cc(OC(F)F)c(NC(=O)C2(c3ccccc3C(C)C)CC(=O)N(C)C2)cn1. The Kier molecular flexibility index (Phi) is 6.42. The molecular formula is C22H25F2N3O4. The molecule has 1 fully saturated rings. The molecule has 1 aromatic carbocycles. The first-order valence-corrected chi connectivity index (χ1v) is 9.81. The first kappa shape index (κ1) is 22.5. The van der Waals surface area contributed by atoms with Gasteiger partial charge in [-0.1, -0.05) is 38.1 Å². The molecule has 1 atom stereocenters. The van der Waals surface area contributed by atoms with E-state index in [9.17, 15) is 18.4 Å². The highest BCUT2D eigenvalue weighted by atomic mass is 19.3. The number of ether oxygens (including phenoxy) is 2. The summed E-state index contributed by atoms with van der Waals surface area (Å²) in [6.07, 6.45) is 1.16. The fourth-order valence-electron chi connectivity index (χ4n) is 3.89. The quantitative estimate of drug-likeness (QED) is 0.722. The second-order valence-corrected chi connectivity index (χ2v) is 7.81. The van der Waals surface area contributed by atoms with E-state index < -0.39 is 17.9 Å². The van der Waals surface area contributed by atoms with Crippen LogP contribution < -0.4 is 14.8 Å². The van der Waals surface area contributed by atoms with Crippen molar-refractivity contribution < 1.29 is 27.8 Å². The number of methoxy groups -OCH3 is 1. The molecule has 0 bridgehead atoms. The number of likely N-dealkylation sites (tertiary alicyclic amines) is 1. The van der Waals surface area contributed by atoms with Gasteiger partial charge in [-0.3, -0.25) is 9.59 Å². The van der Waals surface area contributed by atoms with E-state index in [4.69, 9.17) is 4.74 Å². The molecule has 9 heteroatoms. The average Bonchev–Trinajstić information content (AvgIpc) is 3.04. The van der Waals surface area contributed by atoms with Gasteiger partial charge >= 0.3 is 6.61 Å². The van der Waals surface area contributed by atoms with Crippen LogP contribution in [0.25, 0.3) is 0 Å². The summed E-state index contributed by atoms with van der Waals surface area (Å²) in [5.74, 6) is -0.776. The maximum atomic E-state index is 13.6. The highest BCUT2D eigenvalue weighted by Gasteiger charge is 2.50. The molecule has 31 heavy (non-hydrogen) atoms. The van der Waals surface area contributed by atoms with Crippen molar-refractivity contribution in [1.82, 2.24) is 9.88 Å². The molecule has 2 heterocycles. The second-order valence-electron chi connectivity index (χ2n) is 7.81. The fraction of sp³-hybridized carbons (Fsp3) is 0.409. The van der Waals surface area contributed by atoms with Gasteiger partial charge in [0.1, 0.15) is 11.1 Å². The number of carbonyl (C=O) groups is 2. The van der Waals surface area contributed by atoms with Crippen molar-refractivity contribution in [2.75, 3.05) is 26.0 Å². The summed E-state index contributed by atoms with van der Waals surface area (Å²) in [4.78, 5) is 31.6. The number of benzene rings is 1. The summed E-state index contributed by atoms with van der Waals surface area (Å²) in [6, 6.07) is 8.64. The molecule has 1 unspecified atom stereocenters. The Morgan fingerprint density at radius 2 is 2.00 bits per heavy atom. The molecule has 3 rings (SSSR count). The predicted molar refractivity (Wildman–Crippen MR) is 111 cm³/mol. The Labute approximate surface area is 179 Å². The zero-order valence-electron chi connectivity index (χ0n) is 17.8. The van der Waals surface area contributed by atoms with Crippen LogP contribution in [0.2, 0.25) is 0 Å². The molecule has 0 aliphatic carbocycles. The van der Waals surface area contributed by atoms with Crippen molar-refractivity contribution in [1.29, 1.82) is 0 Å². The molecular weight excluding hydrogens is 408 g/mol. The monoisotopic (exact) mass is 433 g/mol. The summed E-state index contributed by atoms with van der Waals surface area (Å²) < 4.78 is 35.3. The molecule has 1 N–H and O–H groups in total. The van der Waals surface area contributed by atoms with Crippen LogP contribution in [0.5, 0.6) is 11.6 Å². The number of likely N-dealkylation sites (N-methyl/N-ethyl adjacent to an activating group) is 1. The standard InChI is InChI=1S/C22H25F2N3O4/c1-13(2)14-7-5-6-8-15(14)22(10-19(28)27(3)12-22)20(29)26-16-11-25-18(30-4)9-17(16)31-21(23)24/h5-9,11,13,21H,10,12H2,1-4H3,(H,26,29). The highest BCUT2D eigenvalue weighted by molar-refractivity contribution is 6.05. The van der Waals surface area contributed by atoms with E-state index in [0.717, 1.165) is 11.1 Å². The molecule has 7 nitrogen and oxygen atoms in total. The van der Waals surface area contributed by atoms with Crippen molar-refractivity contribution in [2.45, 2.75) is 38.2 Å². The van der Waals surface area contributed by atoms with Crippen LogP contribution in [0.1, 0.15) is 37.3 Å². The lowest BCUT2D eigenvalue weighted by atomic mass is 9.74. The predicted octanol–water partition coefficient (Wildman–Crippen LogP) is 3.55. The Bertz CT molecular complexity index is 983. The minimum Gasteiger partial charge on any atom is -0.481 e. The number of hydrogen-bond acceptors (Lipinski definition) is 5. The fourth-order valence-corrected chi connectivity index (χ4v) is 3.89. The second kappa shape index (κ2) is 8.87. The van der Waals surface area contributed by atoms with Gasteiger partial charge in [-0.05, 0) is 17.0 Å². The van der Waals surface area contributed by atoms with Gasteiger partial charge < -0.3 is 19.7 Å². The van der Waals surface area contributed by atoms with Crippen molar-refractivity contribution in [3.05, 3.63) is 47.7 Å². The summed E-state index contributed by atoms with van der Waals surface area (Å²) in [6.45, 7) is 1.08. The summed E-state index contributed by atoms with van der Waals surface area (Å²) in [7, 11) is 2.97. The van der Waals surface area contributed by atoms with Gasteiger partial charge in [0.05, 0.1) is 13.3 Å². The number of halogens is 2. The lowest BCUT2D eigenvalue weighted by Crippen LogP contribution is -2.43. The number of amides is 2. The maximum absolute atomic E-state index is 13.6. The molecule has 0 saturated carbocycles. The maximum Gasteiger partial charge on any atom is 0.387 e. The van der Waals surface area contributed by atoms with Crippen LogP contribution in [0.4, 0.5) is 14.5 Å². The molecule has 166 valence electrons. The van der Waals surface area contributed by atoms with Crippen LogP contribution >= 0.6 is 0 Å². The largest absolute Gasteiger partial charge is 0.481 e. The van der Waals surface area contributed by atoms with E-state index in [1.807, 2.05) is 38.1 Å². The molecule has 0 radical (unpaired) electrons. The van der Waals surface area contributed by atoms with Crippen LogP contribution in [-0.4, -0.2) is 49.0 Å². The van der Waals surface area contributed by atoms with Crippen LogP contribution in [-0.2, 0) is 15.0 Å². The van der Waals surface area contributed by atoms with E-state index in [1.165, 1.54) is 24.3 Å². The van der Waals surface area contributed by atoms with E-state index in [2.05, 4.69) is 15.0 Å². The highest BCUT2D eigenvalue weighted by Crippen LogP contribution is 2.41. The number of hydrogen-bond donors (Lipinski definition) is 1. The number of rotatable bonds is 7. The molecule has 0 spiro atoms. The van der Waals surface area contributed by atoms with Gasteiger partial charge in [-0.15, -0.1) is 0 Å². The Morgan fingerprint density at radius 3 is 2.58 bits per heavy atom. The third-order valence-corrected chi connectivity index (χ3v) is 5.43. The lowest BCUT2D eigenvalue weighted by Gasteiger charge is -2.31. The zero-order chi connectivity index (χ0) is 22.8. The number of aromatic nitrogens is 1. The first-order valence-electron chi connectivity index (χ1n) is 9.81. The van der Waals surface area contributed by atoms with Gasteiger partial charge in [-0.25, -0.2) is 4.98 Å². The van der Waals surface area contributed by atoms with Crippen LogP contribution in [0.3, 0.4) is 0 Å². The first-order chi connectivity index (χ1) is 14.7. The Hall–Kier alpha value is -3.23. The van der Waals surface area contributed by atoms with Crippen molar-refractivity contribution in [2.24, 2.45) is 0 Å². The van der Waals surface area contributed by atoms with E-state index in [1.54, 1.807) is 7.05 Å². The Morgan fingerprint density at radius 1 is 1.29 bits per heavy atom. The minimum atomic E-state index is -3.10. The molecule has 2 amide bonds. The van der Waals surface area contributed by atoms with Crippen molar-refractivity contribution in [3.63, 3.8) is 0 Å². The van der Waals surface area contributed by atoms with Crippen molar-refractivity contribution in [3.8, 4) is 11.6 Å². The third-order valence-electron chi connectivity index (χ3n) is 5.43. The summed E-state index contributed by atoms with van der Waals surface area (Å²) in [5.41, 5.74) is 0.458. The zero-order valence-corrected chi connectivity index (χ0v) is 17.8. The van der Waals surface area contributed by atoms with Gasteiger partial charge in [0.2, 0.25) is 17.7 Å². The number of pyridine rings is 1. The summed E-state index contributed by atoms with van der Waals surface area (Å²) in [5, 5.41) is 2.66. The topological polar surface area (TPSA) is 80.8 Å². The van der Waals surface area contributed by atoms with Gasteiger partial charge in [0, 0.05) is 26.1 Å². The number of nitrogens with one attached hydrogen (secondary N) is 1. The number of nitrogens with zero attached hydrogens (tertiary/aromatic N) is 2. The van der Waals surface area contributed by atoms with E-state index in [-0.39, 0.29) is 42.1 Å². The molecule has 1 aliphatic heterocycles. The summed E-state index contributed by atoms with van der Waals surface area (Å²) >= 11 is 0. The number of anilines is 1. The molecule has 1 aromatic heterocycles. The van der Waals surface area contributed by atoms with Gasteiger partial charge in [0.25, 0.3) is 0 Å². The average molecular weight is 433 g/mol. The lowest BCUT2D eigenvalue weighted by molar-refractivity contribution is -0.127. The minimum absolute atomic E-state index is 0.0329. The van der Waals surface area contributed by atoms with Crippen LogP contribution in [0.15, 0.2) is 36.5 Å². The molecule has 1 aliphatic rings. The van der Waals surface area contributed by atoms with E-state index in [0.29, 0.717) is 0 Å². The van der Waals surface area contributed by atoms with Crippen LogP contribution in [0, 0.1) is 0 Å². The normalized spacial score (nSPS) is 18.6. The van der Waals surface area contributed by atoms with Gasteiger partial charge in [-0.2, -0.15) is 8.78 Å². The Balaban J connectivity index is 2.05. The third kappa shape index (κ3) is 4.45.